The van der Waals surface area contributed by atoms with Crippen molar-refractivity contribution in [1.29, 1.82) is 0 Å². The first-order valence-corrected chi connectivity index (χ1v) is 7.25. The average Bonchev–Trinajstić information content (AvgIpc) is 2.38. The van der Waals surface area contributed by atoms with E-state index in [0.29, 0.717) is 5.88 Å². The molecule has 0 N–H and O–H groups in total. The topological polar surface area (TPSA) is 3.24 Å². The molecule has 1 fully saturated rings. The quantitative estimate of drug-likeness (QED) is 0.720. The number of benzene rings is 1. The molecule has 1 aromatic rings. The van der Waals surface area contributed by atoms with E-state index in [0.717, 1.165) is 29.6 Å². The molecule has 17 heavy (non-hydrogen) atoms. The number of piperidine rings is 1. The highest BCUT2D eigenvalue weighted by Crippen LogP contribution is 2.31. The van der Waals surface area contributed by atoms with E-state index in [4.69, 9.17) is 23.2 Å². The van der Waals surface area contributed by atoms with Gasteiger partial charge in [0, 0.05) is 19.0 Å². The van der Waals surface area contributed by atoms with Crippen LogP contribution in [0.25, 0.3) is 0 Å². The lowest BCUT2D eigenvalue weighted by Crippen LogP contribution is -2.35. The van der Waals surface area contributed by atoms with Crippen LogP contribution in [0.3, 0.4) is 0 Å². The fraction of sp³-hybridized carbons (Fsp3) is 0.571. The van der Waals surface area contributed by atoms with Gasteiger partial charge in [0.15, 0.2) is 0 Å². The van der Waals surface area contributed by atoms with Gasteiger partial charge in [-0.3, -0.25) is 0 Å². The van der Waals surface area contributed by atoms with Gasteiger partial charge in [-0.2, -0.15) is 0 Å². The Morgan fingerprint density at radius 3 is 2.88 bits per heavy atom. The maximum atomic E-state index is 6.33. The molecule has 2 rings (SSSR count). The Morgan fingerprint density at radius 1 is 1.41 bits per heavy atom. The molecule has 1 nitrogen and oxygen atoms in total. The maximum absolute atomic E-state index is 6.33. The predicted molar refractivity (Wildman–Crippen MR) is 76.2 cm³/mol. The second-order valence-corrected chi connectivity index (χ2v) is 5.46. The maximum Gasteiger partial charge on any atom is 0.0642 e. The van der Waals surface area contributed by atoms with Gasteiger partial charge in [-0.25, -0.2) is 0 Å². The fourth-order valence-electron chi connectivity index (χ4n) is 2.51. The number of rotatable bonds is 3. The summed E-state index contributed by atoms with van der Waals surface area (Å²) in [5.41, 5.74) is 2.25. The zero-order valence-electron chi connectivity index (χ0n) is 10.3. The van der Waals surface area contributed by atoms with Crippen LogP contribution >= 0.6 is 23.2 Å². The van der Waals surface area contributed by atoms with Crippen LogP contribution in [-0.2, 0) is 5.88 Å². The van der Waals surface area contributed by atoms with Crippen molar-refractivity contribution in [2.24, 2.45) is 5.92 Å². The van der Waals surface area contributed by atoms with Crippen molar-refractivity contribution >= 4 is 28.9 Å². The van der Waals surface area contributed by atoms with Crippen LogP contribution in [-0.4, -0.2) is 13.1 Å². The number of halogens is 2. The second kappa shape index (κ2) is 5.97. The smallest absolute Gasteiger partial charge is 0.0642 e. The van der Waals surface area contributed by atoms with Gasteiger partial charge in [-0.1, -0.05) is 31.0 Å². The van der Waals surface area contributed by atoms with E-state index in [1.54, 1.807) is 0 Å². The highest BCUT2D eigenvalue weighted by atomic mass is 35.5. The van der Waals surface area contributed by atoms with Crippen molar-refractivity contribution < 1.29 is 0 Å². The first-order valence-electron chi connectivity index (χ1n) is 6.34. The van der Waals surface area contributed by atoms with Gasteiger partial charge in [-0.15, -0.1) is 11.6 Å². The Morgan fingerprint density at radius 2 is 2.24 bits per heavy atom. The number of nitrogens with zero attached hydrogens (tertiary/aromatic N) is 1. The van der Waals surface area contributed by atoms with Gasteiger partial charge in [0.1, 0.15) is 0 Å². The molecule has 1 aromatic carbocycles. The second-order valence-electron chi connectivity index (χ2n) is 4.78. The Kier molecular flexibility index (Phi) is 4.58. The van der Waals surface area contributed by atoms with Crippen LogP contribution in [0.2, 0.25) is 5.02 Å². The molecule has 0 saturated carbocycles. The predicted octanol–water partition coefficient (Wildman–Crippen LogP) is 4.71. The number of hydrogen-bond donors (Lipinski definition) is 0. The first-order chi connectivity index (χ1) is 8.24. The summed E-state index contributed by atoms with van der Waals surface area (Å²) in [5.74, 6) is 1.34. The Balaban J connectivity index is 2.16. The van der Waals surface area contributed by atoms with E-state index in [2.05, 4.69) is 24.0 Å². The van der Waals surface area contributed by atoms with Crippen molar-refractivity contribution in [2.75, 3.05) is 18.0 Å². The molecule has 1 saturated heterocycles. The van der Waals surface area contributed by atoms with E-state index in [1.165, 1.54) is 24.9 Å². The van der Waals surface area contributed by atoms with Crippen LogP contribution in [0.4, 0.5) is 5.69 Å². The Bertz CT molecular complexity index is 378. The third-order valence-electron chi connectivity index (χ3n) is 3.60. The molecule has 1 aliphatic rings. The number of alkyl halides is 1. The van der Waals surface area contributed by atoms with E-state index in [9.17, 15) is 0 Å². The molecule has 0 radical (unpaired) electrons. The molecule has 0 bridgehead atoms. The zero-order chi connectivity index (χ0) is 12.3. The fourth-order valence-corrected chi connectivity index (χ4v) is 3.00. The first kappa shape index (κ1) is 13.0. The van der Waals surface area contributed by atoms with Gasteiger partial charge in [0.25, 0.3) is 0 Å². The van der Waals surface area contributed by atoms with Crippen LogP contribution in [0.15, 0.2) is 18.2 Å². The zero-order valence-corrected chi connectivity index (χ0v) is 11.8. The minimum atomic E-state index is 0.525. The molecule has 3 heteroatoms. The van der Waals surface area contributed by atoms with Gasteiger partial charge in [-0.05, 0) is 36.5 Å². The number of hydrogen-bond acceptors (Lipinski definition) is 1. The molecule has 0 spiro atoms. The lowest BCUT2D eigenvalue weighted by molar-refractivity contribution is 0.405. The minimum Gasteiger partial charge on any atom is -0.370 e. The van der Waals surface area contributed by atoms with E-state index >= 15 is 0 Å². The summed E-state index contributed by atoms with van der Waals surface area (Å²) in [6.07, 6.45) is 3.88. The molecule has 1 unspecified atom stereocenters. The highest BCUT2D eigenvalue weighted by molar-refractivity contribution is 6.33. The summed E-state index contributed by atoms with van der Waals surface area (Å²) < 4.78 is 0. The van der Waals surface area contributed by atoms with Crippen LogP contribution in [0, 0.1) is 5.92 Å². The minimum absolute atomic E-state index is 0.525. The normalized spacial score (nSPS) is 20.6. The molecular formula is C14H19Cl2N. The van der Waals surface area contributed by atoms with Crippen molar-refractivity contribution in [2.45, 2.75) is 32.1 Å². The number of anilines is 1. The third-order valence-corrected chi connectivity index (χ3v) is 4.21. The van der Waals surface area contributed by atoms with E-state index in [1.807, 2.05) is 6.07 Å². The molecule has 0 aromatic heterocycles. The highest BCUT2D eigenvalue weighted by Gasteiger charge is 2.20. The lowest BCUT2D eigenvalue weighted by atomic mass is 9.95. The third kappa shape index (κ3) is 3.08. The molecular weight excluding hydrogens is 253 g/mol. The standard InChI is InChI=1S/C14H19Cl2N/c1-2-11-4-3-7-17(10-11)14-6-5-12(9-15)8-13(14)16/h5-6,8,11H,2-4,7,9-10H2,1H3. The van der Waals surface area contributed by atoms with Crippen LogP contribution in [0.1, 0.15) is 31.7 Å². The summed E-state index contributed by atoms with van der Waals surface area (Å²) in [6.45, 7) is 4.53. The summed E-state index contributed by atoms with van der Waals surface area (Å²) in [5, 5.41) is 0.833. The molecule has 1 heterocycles. The van der Waals surface area contributed by atoms with Crippen LogP contribution in [0.5, 0.6) is 0 Å². The summed E-state index contributed by atoms with van der Waals surface area (Å²) in [4.78, 5) is 2.41. The SMILES string of the molecule is CCC1CCCN(c2ccc(CCl)cc2Cl)C1. The summed E-state index contributed by atoms with van der Waals surface area (Å²) in [7, 11) is 0. The van der Waals surface area contributed by atoms with Gasteiger partial charge in [0.05, 0.1) is 10.7 Å². The summed E-state index contributed by atoms with van der Waals surface area (Å²) in [6, 6.07) is 6.17. The van der Waals surface area contributed by atoms with Gasteiger partial charge >= 0.3 is 0 Å². The van der Waals surface area contributed by atoms with Crippen molar-refractivity contribution in [3.05, 3.63) is 28.8 Å². The summed E-state index contributed by atoms with van der Waals surface area (Å²) >= 11 is 12.1. The Hall–Kier alpha value is -0.400. The van der Waals surface area contributed by atoms with Crippen molar-refractivity contribution in [3.63, 3.8) is 0 Å². The molecule has 1 aliphatic heterocycles. The van der Waals surface area contributed by atoms with Gasteiger partial charge < -0.3 is 4.90 Å². The van der Waals surface area contributed by atoms with Gasteiger partial charge in [0.2, 0.25) is 0 Å². The molecule has 0 aliphatic carbocycles. The molecule has 0 amide bonds. The molecule has 1 atom stereocenters. The monoisotopic (exact) mass is 271 g/mol. The van der Waals surface area contributed by atoms with Crippen LogP contribution < -0.4 is 4.90 Å². The lowest BCUT2D eigenvalue weighted by Gasteiger charge is -2.34. The van der Waals surface area contributed by atoms with Crippen molar-refractivity contribution in [3.8, 4) is 0 Å². The largest absolute Gasteiger partial charge is 0.370 e. The van der Waals surface area contributed by atoms with E-state index < -0.39 is 0 Å². The Labute approximate surface area is 114 Å². The van der Waals surface area contributed by atoms with E-state index in [-0.39, 0.29) is 0 Å². The van der Waals surface area contributed by atoms with Crippen molar-refractivity contribution in [1.82, 2.24) is 0 Å². The average molecular weight is 272 g/mol. The molecule has 94 valence electrons.